The van der Waals surface area contributed by atoms with Gasteiger partial charge in [0.1, 0.15) is 0 Å². The van der Waals surface area contributed by atoms with Crippen molar-refractivity contribution in [3.63, 3.8) is 0 Å². The summed E-state index contributed by atoms with van der Waals surface area (Å²) in [5, 5.41) is 9.31. The van der Waals surface area contributed by atoms with Gasteiger partial charge in [0.05, 0.1) is 11.9 Å². The highest BCUT2D eigenvalue weighted by atomic mass is 16.4. The highest BCUT2D eigenvalue weighted by Gasteiger charge is 2.16. The number of fused-ring (bicyclic) bond motifs is 1. The number of aromatic nitrogens is 2. The van der Waals surface area contributed by atoms with Gasteiger partial charge in [-0.2, -0.15) is 0 Å². The number of carboxylic acids is 1. The Morgan fingerprint density at radius 1 is 1.21 bits per heavy atom. The van der Waals surface area contributed by atoms with Crippen LogP contribution in [0, 0.1) is 0 Å². The number of nitrogens with zero attached hydrogens (tertiary/aromatic N) is 2. The molecule has 0 aliphatic rings. The second-order valence-corrected chi connectivity index (χ2v) is 4.35. The molecule has 1 aromatic carbocycles. The third-order valence-corrected chi connectivity index (χ3v) is 3.13. The maximum absolute atomic E-state index is 11.3. The van der Waals surface area contributed by atoms with Gasteiger partial charge >= 0.3 is 5.97 Å². The number of hydrogen-bond acceptors (Lipinski definition) is 2. The average Bonchev–Trinajstić information content (AvgIpc) is 2.79. The number of hydrogen-bond donors (Lipinski definition) is 1. The van der Waals surface area contributed by atoms with Crippen molar-refractivity contribution in [1.82, 2.24) is 9.38 Å². The highest BCUT2D eigenvalue weighted by Crippen LogP contribution is 2.19. The molecule has 4 nitrogen and oxygen atoms in total. The van der Waals surface area contributed by atoms with E-state index >= 15 is 0 Å². The van der Waals surface area contributed by atoms with Gasteiger partial charge in [-0.05, 0) is 17.7 Å². The minimum Gasteiger partial charge on any atom is -0.478 e. The zero-order chi connectivity index (χ0) is 13.2. The van der Waals surface area contributed by atoms with Gasteiger partial charge in [0.15, 0.2) is 0 Å². The molecule has 0 spiro atoms. The molecule has 3 rings (SSSR count). The summed E-state index contributed by atoms with van der Waals surface area (Å²) < 4.78 is 1.83. The molecule has 0 aliphatic carbocycles. The normalized spacial score (nSPS) is 10.7. The summed E-state index contributed by atoms with van der Waals surface area (Å²) in [6.45, 7) is 0. The van der Waals surface area contributed by atoms with Gasteiger partial charge in [-0.3, -0.25) is 0 Å². The average molecular weight is 252 g/mol. The number of benzene rings is 1. The lowest BCUT2D eigenvalue weighted by Gasteiger charge is -2.04. The smallest absolute Gasteiger partial charge is 0.337 e. The zero-order valence-electron chi connectivity index (χ0n) is 10.2. The molecule has 94 valence electrons. The second kappa shape index (κ2) is 4.57. The SMILES string of the molecule is O=C(O)c1cc2ccncn2c1Cc1ccccc1. The topological polar surface area (TPSA) is 54.6 Å². The lowest BCUT2D eigenvalue weighted by atomic mass is 10.1. The Labute approximate surface area is 110 Å². The lowest BCUT2D eigenvalue weighted by molar-refractivity contribution is 0.0696. The molecule has 19 heavy (non-hydrogen) atoms. The van der Waals surface area contributed by atoms with E-state index in [1.165, 1.54) is 0 Å². The number of aromatic carboxylic acids is 1. The van der Waals surface area contributed by atoms with E-state index in [0.29, 0.717) is 12.0 Å². The molecule has 3 aromatic rings. The molecule has 0 saturated carbocycles. The van der Waals surface area contributed by atoms with Crippen LogP contribution in [-0.4, -0.2) is 20.5 Å². The first-order chi connectivity index (χ1) is 9.25. The number of carbonyl (C=O) groups is 1. The molecule has 2 aromatic heterocycles. The van der Waals surface area contributed by atoms with Gasteiger partial charge in [-0.25, -0.2) is 9.78 Å². The largest absolute Gasteiger partial charge is 0.478 e. The van der Waals surface area contributed by atoms with Crippen LogP contribution in [-0.2, 0) is 6.42 Å². The van der Waals surface area contributed by atoms with E-state index in [4.69, 9.17) is 0 Å². The van der Waals surface area contributed by atoms with Crippen molar-refractivity contribution in [2.45, 2.75) is 6.42 Å². The van der Waals surface area contributed by atoms with Gasteiger partial charge in [-0.1, -0.05) is 30.3 Å². The molecule has 4 heteroatoms. The van der Waals surface area contributed by atoms with Crippen LogP contribution in [0.25, 0.3) is 5.52 Å². The first-order valence-corrected chi connectivity index (χ1v) is 5.97. The molecule has 2 heterocycles. The standard InChI is InChI=1S/C15H12N2O2/c18-15(19)13-9-12-6-7-16-10-17(12)14(13)8-11-4-2-1-3-5-11/h1-7,9-10H,8H2,(H,18,19). The predicted octanol–water partition coefficient (Wildman–Crippen LogP) is 2.62. The molecule has 0 aliphatic heterocycles. The van der Waals surface area contributed by atoms with Crippen LogP contribution in [0.1, 0.15) is 21.6 Å². The summed E-state index contributed by atoms with van der Waals surface area (Å²) >= 11 is 0. The molecule has 0 unspecified atom stereocenters. The van der Waals surface area contributed by atoms with Gasteiger partial charge in [0.25, 0.3) is 0 Å². The van der Waals surface area contributed by atoms with Crippen LogP contribution in [0.15, 0.2) is 55.0 Å². The minimum atomic E-state index is -0.908. The summed E-state index contributed by atoms with van der Waals surface area (Å²) in [5.74, 6) is -0.908. The second-order valence-electron chi connectivity index (χ2n) is 4.35. The van der Waals surface area contributed by atoms with Crippen molar-refractivity contribution in [3.05, 3.63) is 71.8 Å². The number of rotatable bonds is 3. The van der Waals surface area contributed by atoms with Crippen LogP contribution in [0.5, 0.6) is 0 Å². The first kappa shape index (κ1) is 11.5. The van der Waals surface area contributed by atoms with E-state index in [2.05, 4.69) is 4.98 Å². The van der Waals surface area contributed by atoms with Crippen molar-refractivity contribution < 1.29 is 9.90 Å². The summed E-state index contributed by atoms with van der Waals surface area (Å²) in [6, 6.07) is 13.3. The molecule has 0 amide bonds. The molecule has 0 bridgehead atoms. The Morgan fingerprint density at radius 2 is 2.00 bits per heavy atom. The van der Waals surface area contributed by atoms with Crippen LogP contribution < -0.4 is 0 Å². The lowest BCUT2D eigenvalue weighted by Crippen LogP contribution is -2.03. The summed E-state index contributed by atoms with van der Waals surface area (Å²) in [6.07, 6.45) is 3.88. The van der Waals surface area contributed by atoms with Gasteiger partial charge in [0, 0.05) is 23.8 Å². The Balaban J connectivity index is 2.15. The molecule has 0 atom stereocenters. The van der Waals surface area contributed by atoms with Crippen LogP contribution >= 0.6 is 0 Å². The third kappa shape index (κ3) is 2.08. The van der Waals surface area contributed by atoms with Crippen molar-refractivity contribution in [3.8, 4) is 0 Å². The molecular formula is C15H12N2O2. The van der Waals surface area contributed by atoms with Crippen LogP contribution in [0.4, 0.5) is 0 Å². The molecule has 1 N–H and O–H groups in total. The fourth-order valence-corrected chi connectivity index (χ4v) is 2.23. The van der Waals surface area contributed by atoms with Crippen molar-refractivity contribution >= 4 is 11.5 Å². The van der Waals surface area contributed by atoms with E-state index in [9.17, 15) is 9.90 Å². The van der Waals surface area contributed by atoms with Gasteiger partial charge in [0.2, 0.25) is 0 Å². The first-order valence-electron chi connectivity index (χ1n) is 5.97. The van der Waals surface area contributed by atoms with Crippen molar-refractivity contribution in [1.29, 1.82) is 0 Å². The summed E-state index contributed by atoms with van der Waals surface area (Å²) in [4.78, 5) is 15.4. The Morgan fingerprint density at radius 3 is 2.74 bits per heavy atom. The highest BCUT2D eigenvalue weighted by molar-refractivity contribution is 5.91. The maximum Gasteiger partial charge on any atom is 0.337 e. The predicted molar refractivity (Wildman–Crippen MR) is 71.4 cm³/mol. The van der Waals surface area contributed by atoms with Crippen LogP contribution in [0.3, 0.4) is 0 Å². The van der Waals surface area contributed by atoms with Crippen molar-refractivity contribution in [2.24, 2.45) is 0 Å². The molecule has 0 saturated heterocycles. The molecule has 0 fully saturated rings. The maximum atomic E-state index is 11.3. The van der Waals surface area contributed by atoms with E-state index < -0.39 is 5.97 Å². The Bertz CT molecular complexity index is 732. The molecular weight excluding hydrogens is 240 g/mol. The van der Waals surface area contributed by atoms with Gasteiger partial charge < -0.3 is 9.51 Å². The van der Waals surface area contributed by atoms with E-state index in [0.717, 1.165) is 16.8 Å². The van der Waals surface area contributed by atoms with Crippen molar-refractivity contribution in [2.75, 3.05) is 0 Å². The summed E-state index contributed by atoms with van der Waals surface area (Å²) in [5.41, 5.74) is 3.01. The monoisotopic (exact) mass is 252 g/mol. The van der Waals surface area contributed by atoms with E-state index in [-0.39, 0.29) is 0 Å². The summed E-state index contributed by atoms with van der Waals surface area (Å²) in [7, 11) is 0. The van der Waals surface area contributed by atoms with E-state index in [1.54, 1.807) is 24.7 Å². The van der Waals surface area contributed by atoms with Gasteiger partial charge in [-0.15, -0.1) is 0 Å². The third-order valence-electron chi connectivity index (χ3n) is 3.13. The van der Waals surface area contributed by atoms with Crippen LogP contribution in [0.2, 0.25) is 0 Å². The fraction of sp³-hybridized carbons (Fsp3) is 0.0667. The number of carboxylic acid groups (broad SMARTS) is 1. The quantitative estimate of drug-likeness (QED) is 0.779. The minimum absolute atomic E-state index is 0.330. The Kier molecular flexibility index (Phi) is 2.76. The van der Waals surface area contributed by atoms with E-state index in [1.807, 2.05) is 34.7 Å². The fourth-order valence-electron chi connectivity index (χ4n) is 2.23. The Hall–Kier alpha value is -2.62. The molecule has 0 radical (unpaired) electrons. The zero-order valence-corrected chi connectivity index (χ0v) is 10.2.